The summed E-state index contributed by atoms with van der Waals surface area (Å²) in [7, 11) is 1.65. The van der Waals surface area contributed by atoms with Crippen LogP contribution in [0.15, 0.2) is 42.7 Å². The molecule has 0 saturated heterocycles. The minimum atomic E-state index is 0.713. The quantitative estimate of drug-likeness (QED) is 0.706. The highest BCUT2D eigenvalue weighted by molar-refractivity contribution is 6.30. The van der Waals surface area contributed by atoms with E-state index in [1.165, 1.54) is 0 Å². The number of imidazole rings is 1. The summed E-state index contributed by atoms with van der Waals surface area (Å²) >= 11 is 6.06. The van der Waals surface area contributed by atoms with Gasteiger partial charge in [0.1, 0.15) is 0 Å². The summed E-state index contributed by atoms with van der Waals surface area (Å²) in [4.78, 5) is 4.64. The number of aryl methyl sites for hydroxylation is 1. The molecule has 1 aromatic carbocycles. The molecule has 0 aliphatic heterocycles. The van der Waals surface area contributed by atoms with Gasteiger partial charge in [-0.2, -0.15) is 0 Å². The molecule has 0 atom stereocenters. The zero-order chi connectivity index (χ0) is 13.4. The Morgan fingerprint density at radius 1 is 1.26 bits per heavy atom. The largest absolute Gasteiger partial charge is 0.493 e. The van der Waals surface area contributed by atoms with Crippen molar-refractivity contribution in [1.82, 2.24) is 9.38 Å². The van der Waals surface area contributed by atoms with Crippen LogP contribution in [0.25, 0.3) is 16.9 Å². The number of nitrogens with zero attached hydrogens (tertiary/aromatic N) is 2. The van der Waals surface area contributed by atoms with Crippen molar-refractivity contribution in [2.45, 2.75) is 6.92 Å². The van der Waals surface area contributed by atoms with Gasteiger partial charge in [0.15, 0.2) is 11.4 Å². The SMILES string of the molecule is COc1cccn2cc(-c3cc(Cl)ccc3C)nc12. The first-order chi connectivity index (χ1) is 9.19. The maximum Gasteiger partial charge on any atom is 0.180 e. The van der Waals surface area contributed by atoms with Gasteiger partial charge in [0.05, 0.1) is 12.8 Å². The van der Waals surface area contributed by atoms with E-state index in [9.17, 15) is 0 Å². The van der Waals surface area contributed by atoms with Gasteiger partial charge in [0, 0.05) is 23.0 Å². The average Bonchev–Trinajstić information content (AvgIpc) is 2.85. The van der Waals surface area contributed by atoms with E-state index in [2.05, 4.69) is 4.98 Å². The van der Waals surface area contributed by atoms with Crippen LogP contribution in [-0.2, 0) is 0 Å². The third-order valence-electron chi connectivity index (χ3n) is 3.14. The number of hydrogen-bond donors (Lipinski definition) is 0. The fourth-order valence-corrected chi connectivity index (χ4v) is 2.32. The molecule has 0 saturated carbocycles. The van der Waals surface area contributed by atoms with Crippen molar-refractivity contribution in [1.29, 1.82) is 0 Å². The first-order valence-electron chi connectivity index (χ1n) is 5.97. The lowest BCUT2D eigenvalue weighted by atomic mass is 10.1. The Bertz CT molecular complexity index is 749. The molecule has 3 nitrogen and oxygen atoms in total. The van der Waals surface area contributed by atoms with Crippen LogP contribution in [0.5, 0.6) is 5.75 Å². The summed E-state index contributed by atoms with van der Waals surface area (Å²) in [5.41, 5.74) is 3.88. The molecule has 0 N–H and O–H groups in total. The van der Waals surface area contributed by atoms with Gasteiger partial charge in [-0.1, -0.05) is 17.7 Å². The molecule has 4 heteroatoms. The maximum atomic E-state index is 6.06. The highest BCUT2D eigenvalue weighted by Crippen LogP contribution is 2.28. The molecule has 0 bridgehead atoms. The molecule has 3 rings (SSSR count). The molecule has 0 radical (unpaired) electrons. The molecule has 0 spiro atoms. The molecule has 0 amide bonds. The molecule has 0 fully saturated rings. The third-order valence-corrected chi connectivity index (χ3v) is 3.38. The molecule has 0 aliphatic rings. The molecular weight excluding hydrogens is 260 g/mol. The Morgan fingerprint density at radius 3 is 2.89 bits per heavy atom. The van der Waals surface area contributed by atoms with Gasteiger partial charge in [0.2, 0.25) is 0 Å². The number of fused-ring (bicyclic) bond motifs is 1. The van der Waals surface area contributed by atoms with Gasteiger partial charge in [-0.15, -0.1) is 0 Å². The summed E-state index contributed by atoms with van der Waals surface area (Å²) in [6.07, 6.45) is 3.94. The smallest absolute Gasteiger partial charge is 0.180 e. The predicted molar refractivity (Wildman–Crippen MR) is 76.9 cm³/mol. The van der Waals surface area contributed by atoms with Gasteiger partial charge >= 0.3 is 0 Å². The van der Waals surface area contributed by atoms with E-state index in [1.807, 2.05) is 54.0 Å². The number of hydrogen-bond acceptors (Lipinski definition) is 2. The van der Waals surface area contributed by atoms with Crippen molar-refractivity contribution in [3.05, 3.63) is 53.3 Å². The van der Waals surface area contributed by atoms with Crippen LogP contribution in [0.1, 0.15) is 5.56 Å². The topological polar surface area (TPSA) is 26.5 Å². The standard InChI is InChI=1S/C15H13ClN2O/c1-10-5-6-11(16)8-12(10)13-9-18-7-3-4-14(19-2)15(18)17-13/h3-9H,1-2H3. The maximum absolute atomic E-state index is 6.06. The van der Waals surface area contributed by atoms with Gasteiger partial charge in [0.25, 0.3) is 0 Å². The number of aromatic nitrogens is 2. The zero-order valence-corrected chi connectivity index (χ0v) is 11.5. The monoisotopic (exact) mass is 272 g/mol. The second-order valence-electron chi connectivity index (χ2n) is 4.39. The number of halogens is 1. The van der Waals surface area contributed by atoms with Crippen molar-refractivity contribution in [2.75, 3.05) is 7.11 Å². The first kappa shape index (κ1) is 12.1. The summed E-state index contributed by atoms with van der Waals surface area (Å²) in [5.74, 6) is 0.758. The molecule has 2 aromatic heterocycles. The molecule has 0 unspecified atom stereocenters. The predicted octanol–water partition coefficient (Wildman–Crippen LogP) is 3.97. The number of methoxy groups -OCH3 is 1. The third kappa shape index (κ3) is 2.06. The highest BCUT2D eigenvalue weighted by Gasteiger charge is 2.10. The van der Waals surface area contributed by atoms with E-state index in [-0.39, 0.29) is 0 Å². The van der Waals surface area contributed by atoms with E-state index in [0.29, 0.717) is 5.02 Å². The van der Waals surface area contributed by atoms with Crippen molar-refractivity contribution in [3.8, 4) is 17.0 Å². The van der Waals surface area contributed by atoms with E-state index < -0.39 is 0 Å². The van der Waals surface area contributed by atoms with Crippen LogP contribution < -0.4 is 4.74 Å². The Morgan fingerprint density at radius 2 is 2.11 bits per heavy atom. The van der Waals surface area contributed by atoms with Crippen molar-refractivity contribution < 1.29 is 4.74 Å². The number of benzene rings is 1. The van der Waals surface area contributed by atoms with Crippen molar-refractivity contribution in [2.24, 2.45) is 0 Å². The van der Waals surface area contributed by atoms with E-state index in [1.54, 1.807) is 7.11 Å². The lowest BCUT2D eigenvalue weighted by Gasteiger charge is -2.02. The Balaban J connectivity index is 2.23. The lowest BCUT2D eigenvalue weighted by Crippen LogP contribution is -1.88. The van der Waals surface area contributed by atoms with Crippen LogP contribution in [0.4, 0.5) is 0 Å². The minimum absolute atomic E-state index is 0.713. The number of pyridine rings is 1. The van der Waals surface area contributed by atoms with E-state index >= 15 is 0 Å². The van der Waals surface area contributed by atoms with Crippen LogP contribution in [0, 0.1) is 6.92 Å². The van der Waals surface area contributed by atoms with Gasteiger partial charge in [-0.3, -0.25) is 0 Å². The van der Waals surface area contributed by atoms with Crippen molar-refractivity contribution >= 4 is 17.2 Å². The zero-order valence-electron chi connectivity index (χ0n) is 10.7. The summed E-state index contributed by atoms with van der Waals surface area (Å²) < 4.78 is 7.27. The summed E-state index contributed by atoms with van der Waals surface area (Å²) in [6.45, 7) is 2.05. The Hall–Kier alpha value is -2.00. The van der Waals surface area contributed by atoms with E-state index in [0.717, 1.165) is 28.2 Å². The fourth-order valence-electron chi connectivity index (χ4n) is 2.15. The lowest BCUT2D eigenvalue weighted by molar-refractivity contribution is 0.417. The molecule has 2 heterocycles. The molecule has 3 aromatic rings. The molecule has 0 aliphatic carbocycles. The molecular formula is C15H13ClN2O. The number of ether oxygens (including phenoxy) is 1. The summed E-state index contributed by atoms with van der Waals surface area (Å²) in [5, 5.41) is 0.713. The van der Waals surface area contributed by atoms with Gasteiger partial charge < -0.3 is 9.14 Å². The van der Waals surface area contributed by atoms with Gasteiger partial charge in [-0.25, -0.2) is 4.98 Å². The second-order valence-corrected chi connectivity index (χ2v) is 4.83. The van der Waals surface area contributed by atoms with Crippen LogP contribution in [-0.4, -0.2) is 16.5 Å². The van der Waals surface area contributed by atoms with Gasteiger partial charge in [-0.05, 0) is 36.8 Å². The first-order valence-corrected chi connectivity index (χ1v) is 6.35. The van der Waals surface area contributed by atoms with Crippen molar-refractivity contribution in [3.63, 3.8) is 0 Å². The fraction of sp³-hybridized carbons (Fsp3) is 0.133. The molecule has 96 valence electrons. The number of rotatable bonds is 2. The summed E-state index contributed by atoms with van der Waals surface area (Å²) in [6, 6.07) is 9.65. The van der Waals surface area contributed by atoms with Crippen LogP contribution >= 0.6 is 11.6 Å². The van der Waals surface area contributed by atoms with Crippen LogP contribution in [0.2, 0.25) is 5.02 Å². The average molecular weight is 273 g/mol. The highest BCUT2D eigenvalue weighted by atomic mass is 35.5. The minimum Gasteiger partial charge on any atom is -0.493 e. The molecule has 19 heavy (non-hydrogen) atoms. The Labute approximate surface area is 116 Å². The second kappa shape index (κ2) is 4.59. The Kier molecular flexibility index (Phi) is 2.91. The van der Waals surface area contributed by atoms with E-state index in [4.69, 9.17) is 16.3 Å². The van der Waals surface area contributed by atoms with Crippen LogP contribution in [0.3, 0.4) is 0 Å². The normalized spacial score (nSPS) is 10.9.